The van der Waals surface area contributed by atoms with Gasteiger partial charge in [-0.1, -0.05) is 12.5 Å². The highest BCUT2D eigenvalue weighted by Crippen LogP contribution is 2.44. The van der Waals surface area contributed by atoms with Crippen LogP contribution in [0.1, 0.15) is 72.9 Å². The zero-order valence-corrected chi connectivity index (χ0v) is 25.5. The number of hydrogen-bond acceptors (Lipinski definition) is 4. The largest absolute Gasteiger partial charge is 0.496 e. The zero-order valence-electron chi connectivity index (χ0n) is 25.5. The van der Waals surface area contributed by atoms with Crippen molar-refractivity contribution in [2.75, 3.05) is 7.11 Å². The molecule has 1 amide bonds. The average molecular weight is 694 g/mol. The standard InChI is InChI=1S/C33H29F10NO4/c1-17-29(18-10-21(32(38,39)40)13-22(11-18)33(41,42)43)48-30(45)44(17)16-19-12-20(31(35,36)37)8-9-24(19)25-14-28(26(34)15-27(25)46-2)47-23-6-4-3-5-7-23/h8-15,17,23,29H,3-7,16H2,1-2H3/t17-,29-/m0/s1. The minimum atomic E-state index is -5.16. The van der Waals surface area contributed by atoms with Crippen LogP contribution in [-0.2, 0) is 29.8 Å². The smallest absolute Gasteiger partial charge is 0.416 e. The van der Waals surface area contributed by atoms with Gasteiger partial charge in [0.2, 0.25) is 0 Å². The summed E-state index contributed by atoms with van der Waals surface area (Å²) in [5.74, 6) is -1.00. The van der Waals surface area contributed by atoms with Crippen LogP contribution in [0.25, 0.3) is 11.1 Å². The van der Waals surface area contributed by atoms with Gasteiger partial charge in [-0.2, -0.15) is 39.5 Å². The Balaban J connectivity index is 1.55. The molecule has 0 bridgehead atoms. The fraction of sp³-hybridized carbons (Fsp3) is 0.424. The van der Waals surface area contributed by atoms with Crippen molar-refractivity contribution in [3.05, 3.63) is 82.2 Å². The Kier molecular flexibility index (Phi) is 9.54. The lowest BCUT2D eigenvalue weighted by Crippen LogP contribution is -2.32. The minimum absolute atomic E-state index is 0.0666. The molecule has 0 radical (unpaired) electrons. The first-order valence-corrected chi connectivity index (χ1v) is 14.9. The minimum Gasteiger partial charge on any atom is -0.496 e. The fourth-order valence-electron chi connectivity index (χ4n) is 6.02. The molecule has 5 nitrogen and oxygen atoms in total. The molecule has 1 aliphatic heterocycles. The van der Waals surface area contributed by atoms with Crippen LogP contribution in [0.3, 0.4) is 0 Å². The maximum absolute atomic E-state index is 15.1. The van der Waals surface area contributed by atoms with Gasteiger partial charge in [0.05, 0.1) is 42.5 Å². The zero-order chi connectivity index (χ0) is 35.2. The summed E-state index contributed by atoms with van der Waals surface area (Å²) in [5.41, 5.74) is -4.89. The van der Waals surface area contributed by atoms with Gasteiger partial charge < -0.3 is 14.2 Å². The van der Waals surface area contributed by atoms with Crippen LogP contribution >= 0.6 is 0 Å². The average Bonchev–Trinajstić information content (AvgIpc) is 3.29. The number of nitrogens with zero attached hydrogens (tertiary/aromatic N) is 1. The number of carbonyl (C=O) groups is 1. The molecule has 3 aromatic carbocycles. The van der Waals surface area contributed by atoms with Gasteiger partial charge in [-0.25, -0.2) is 9.18 Å². The second kappa shape index (κ2) is 13.0. The second-order valence-electron chi connectivity index (χ2n) is 11.7. The molecule has 0 unspecified atom stereocenters. The Morgan fingerprint density at radius 3 is 1.94 bits per heavy atom. The molecular formula is C33H29F10NO4. The third-order valence-corrected chi connectivity index (χ3v) is 8.49. The van der Waals surface area contributed by atoms with Crippen molar-refractivity contribution in [3.63, 3.8) is 0 Å². The Labute approximate surface area is 268 Å². The van der Waals surface area contributed by atoms with E-state index in [9.17, 15) is 44.3 Å². The molecule has 2 fully saturated rings. The topological polar surface area (TPSA) is 48.0 Å². The van der Waals surface area contributed by atoms with Gasteiger partial charge in [0.25, 0.3) is 0 Å². The Morgan fingerprint density at radius 2 is 1.38 bits per heavy atom. The molecule has 15 heteroatoms. The lowest BCUT2D eigenvalue weighted by Gasteiger charge is -2.25. The van der Waals surface area contributed by atoms with Crippen LogP contribution < -0.4 is 9.47 Å². The highest BCUT2D eigenvalue weighted by Gasteiger charge is 2.44. The lowest BCUT2D eigenvalue weighted by molar-refractivity contribution is -0.143. The number of benzene rings is 3. The molecule has 1 saturated heterocycles. The summed E-state index contributed by atoms with van der Waals surface area (Å²) in [5, 5.41) is 0. The molecule has 5 rings (SSSR count). The molecule has 0 N–H and O–H groups in total. The maximum Gasteiger partial charge on any atom is 0.416 e. The van der Waals surface area contributed by atoms with Gasteiger partial charge in [-0.15, -0.1) is 0 Å². The first kappa shape index (κ1) is 35.1. The highest BCUT2D eigenvalue weighted by atomic mass is 19.4. The van der Waals surface area contributed by atoms with Crippen molar-refractivity contribution in [1.82, 2.24) is 4.90 Å². The van der Waals surface area contributed by atoms with E-state index in [0.717, 1.165) is 48.4 Å². The first-order chi connectivity index (χ1) is 22.4. The fourth-order valence-corrected chi connectivity index (χ4v) is 6.02. The lowest BCUT2D eigenvalue weighted by atomic mass is 9.94. The predicted molar refractivity (Wildman–Crippen MR) is 152 cm³/mol. The second-order valence-corrected chi connectivity index (χ2v) is 11.7. The van der Waals surface area contributed by atoms with Gasteiger partial charge in [0.1, 0.15) is 11.9 Å². The predicted octanol–water partition coefficient (Wildman–Crippen LogP) is 10.4. The molecule has 1 heterocycles. The summed E-state index contributed by atoms with van der Waals surface area (Å²) in [6.07, 6.45) is -14.2. The van der Waals surface area contributed by atoms with Crippen molar-refractivity contribution in [3.8, 4) is 22.6 Å². The van der Waals surface area contributed by atoms with E-state index in [1.54, 1.807) is 0 Å². The van der Waals surface area contributed by atoms with Crippen LogP contribution in [0.15, 0.2) is 48.5 Å². The molecule has 1 saturated carbocycles. The number of methoxy groups -OCH3 is 1. The van der Waals surface area contributed by atoms with E-state index >= 15 is 4.39 Å². The van der Waals surface area contributed by atoms with Crippen LogP contribution in [0.2, 0.25) is 0 Å². The van der Waals surface area contributed by atoms with Crippen molar-refractivity contribution in [2.45, 2.75) is 82.4 Å². The number of amides is 1. The summed E-state index contributed by atoms with van der Waals surface area (Å²) in [4.78, 5) is 13.9. The molecule has 48 heavy (non-hydrogen) atoms. The van der Waals surface area contributed by atoms with Gasteiger partial charge in [0, 0.05) is 11.6 Å². The Morgan fingerprint density at radius 1 is 0.771 bits per heavy atom. The molecule has 3 aromatic rings. The number of ether oxygens (including phenoxy) is 3. The van der Waals surface area contributed by atoms with E-state index in [4.69, 9.17) is 14.2 Å². The first-order valence-electron chi connectivity index (χ1n) is 14.9. The number of carbonyl (C=O) groups excluding carboxylic acids is 1. The molecule has 2 aliphatic rings. The monoisotopic (exact) mass is 693 g/mol. The third-order valence-electron chi connectivity index (χ3n) is 8.49. The van der Waals surface area contributed by atoms with Crippen LogP contribution in [0.4, 0.5) is 48.7 Å². The van der Waals surface area contributed by atoms with Gasteiger partial charge in [-0.3, -0.25) is 4.90 Å². The van der Waals surface area contributed by atoms with E-state index in [-0.39, 0.29) is 40.4 Å². The van der Waals surface area contributed by atoms with E-state index < -0.39 is 71.4 Å². The summed E-state index contributed by atoms with van der Waals surface area (Å²) in [7, 11) is 1.22. The summed E-state index contributed by atoms with van der Waals surface area (Å²) in [6, 6.07) is 4.49. The normalized spacial score (nSPS) is 19.4. The molecule has 1 aliphatic carbocycles. The number of rotatable bonds is 7. The van der Waals surface area contributed by atoms with Gasteiger partial charge >= 0.3 is 24.6 Å². The van der Waals surface area contributed by atoms with E-state index in [2.05, 4.69) is 0 Å². The van der Waals surface area contributed by atoms with Crippen molar-refractivity contribution in [2.24, 2.45) is 0 Å². The SMILES string of the molecule is COc1cc(F)c(OC2CCCCC2)cc1-c1ccc(C(F)(F)F)cc1CN1C(=O)O[C@H](c2cc(C(F)(F)F)cc(C(F)(F)F)c2)[C@@H]1C. The quantitative estimate of drug-likeness (QED) is 0.231. The maximum atomic E-state index is 15.1. The van der Waals surface area contributed by atoms with Crippen LogP contribution in [0.5, 0.6) is 11.5 Å². The summed E-state index contributed by atoms with van der Waals surface area (Å²) >= 11 is 0. The highest BCUT2D eigenvalue weighted by molar-refractivity contribution is 5.77. The van der Waals surface area contributed by atoms with E-state index in [1.807, 2.05) is 0 Å². The Bertz CT molecular complexity index is 1630. The molecular weight excluding hydrogens is 664 g/mol. The number of hydrogen-bond donors (Lipinski definition) is 0. The molecule has 0 aromatic heterocycles. The third kappa shape index (κ3) is 7.44. The molecule has 260 valence electrons. The van der Waals surface area contributed by atoms with Crippen molar-refractivity contribution >= 4 is 6.09 Å². The molecule has 2 atom stereocenters. The van der Waals surface area contributed by atoms with Crippen molar-refractivity contribution < 1.29 is 62.9 Å². The van der Waals surface area contributed by atoms with E-state index in [1.165, 1.54) is 20.1 Å². The molecule has 0 spiro atoms. The number of cyclic esters (lactones) is 1. The number of halogens is 10. The van der Waals surface area contributed by atoms with Crippen LogP contribution in [0, 0.1) is 5.82 Å². The summed E-state index contributed by atoms with van der Waals surface area (Å²) < 4.78 is 154. The van der Waals surface area contributed by atoms with Gasteiger partial charge in [0.15, 0.2) is 11.6 Å². The van der Waals surface area contributed by atoms with Crippen molar-refractivity contribution in [1.29, 1.82) is 0 Å². The van der Waals surface area contributed by atoms with E-state index in [0.29, 0.717) is 25.0 Å². The van der Waals surface area contributed by atoms with Gasteiger partial charge in [-0.05, 0) is 85.7 Å². The Hall–Kier alpha value is -4.17. The summed E-state index contributed by atoms with van der Waals surface area (Å²) in [6.45, 7) is 0.672. The number of alkyl halides is 9. The van der Waals surface area contributed by atoms with Crippen LogP contribution in [-0.4, -0.2) is 30.2 Å².